The van der Waals surface area contributed by atoms with Gasteiger partial charge in [-0.2, -0.15) is 0 Å². The van der Waals surface area contributed by atoms with Crippen LogP contribution in [0.3, 0.4) is 0 Å². The predicted octanol–water partition coefficient (Wildman–Crippen LogP) is 0.603. The molecule has 0 spiro atoms. The second kappa shape index (κ2) is 8.60. The number of nitrogens with one attached hydrogen (secondary N) is 2. The lowest BCUT2D eigenvalue weighted by Crippen LogP contribution is -2.41. The van der Waals surface area contributed by atoms with E-state index in [0.717, 1.165) is 39.3 Å². The van der Waals surface area contributed by atoms with Crippen LogP contribution in [0.1, 0.15) is 32.1 Å². The van der Waals surface area contributed by atoms with Crippen molar-refractivity contribution in [2.45, 2.75) is 38.1 Å². The first-order valence-electron chi connectivity index (χ1n) is 7.99. The number of ether oxygens (including phenoxy) is 1. The molecule has 1 aliphatic carbocycles. The molecule has 0 radical (unpaired) electrons. The molecule has 1 aliphatic heterocycles. The maximum Gasteiger partial charge on any atom is 0.221 e. The van der Waals surface area contributed by atoms with Gasteiger partial charge in [0.2, 0.25) is 5.91 Å². The lowest BCUT2D eigenvalue weighted by molar-refractivity contribution is -0.121. The van der Waals surface area contributed by atoms with Crippen molar-refractivity contribution in [2.24, 2.45) is 5.92 Å². The minimum absolute atomic E-state index is 0.229. The van der Waals surface area contributed by atoms with E-state index in [2.05, 4.69) is 15.5 Å². The van der Waals surface area contributed by atoms with Gasteiger partial charge < -0.3 is 20.3 Å². The standard InChI is InChI=1S/C15H29N3O2/c1-20-10-7-16-11-13-3-2-8-18(12-13)9-6-15(19)17-14-4-5-14/h13-14,16H,2-12H2,1H3,(H,17,19). The van der Waals surface area contributed by atoms with Gasteiger partial charge in [-0.3, -0.25) is 4.79 Å². The van der Waals surface area contributed by atoms with Gasteiger partial charge in [-0.25, -0.2) is 0 Å². The highest BCUT2D eigenvalue weighted by Gasteiger charge is 2.24. The molecule has 1 heterocycles. The van der Waals surface area contributed by atoms with E-state index in [4.69, 9.17) is 4.74 Å². The molecule has 1 amide bonds. The zero-order valence-corrected chi connectivity index (χ0v) is 12.7. The van der Waals surface area contributed by atoms with Crippen molar-refractivity contribution in [1.29, 1.82) is 0 Å². The van der Waals surface area contributed by atoms with E-state index < -0.39 is 0 Å². The van der Waals surface area contributed by atoms with Crippen LogP contribution in [-0.2, 0) is 9.53 Å². The SMILES string of the molecule is COCCNCC1CCCN(CCC(=O)NC2CC2)C1. The number of rotatable bonds is 9. The van der Waals surface area contributed by atoms with Crippen molar-refractivity contribution < 1.29 is 9.53 Å². The van der Waals surface area contributed by atoms with Gasteiger partial charge in [0, 0.05) is 39.2 Å². The fourth-order valence-electron chi connectivity index (χ4n) is 2.79. The Kier molecular flexibility index (Phi) is 6.76. The molecule has 1 atom stereocenters. The molecule has 2 fully saturated rings. The lowest BCUT2D eigenvalue weighted by atomic mass is 9.98. The van der Waals surface area contributed by atoms with E-state index >= 15 is 0 Å². The van der Waals surface area contributed by atoms with Gasteiger partial charge in [-0.1, -0.05) is 0 Å². The summed E-state index contributed by atoms with van der Waals surface area (Å²) in [6, 6.07) is 0.488. The Morgan fingerprint density at radius 2 is 2.20 bits per heavy atom. The first-order valence-corrected chi connectivity index (χ1v) is 7.99. The average molecular weight is 283 g/mol. The van der Waals surface area contributed by atoms with Crippen molar-refractivity contribution >= 4 is 5.91 Å². The molecule has 20 heavy (non-hydrogen) atoms. The monoisotopic (exact) mass is 283 g/mol. The summed E-state index contributed by atoms with van der Waals surface area (Å²) in [4.78, 5) is 14.1. The number of carbonyl (C=O) groups is 1. The van der Waals surface area contributed by atoms with E-state index in [0.29, 0.717) is 18.4 Å². The van der Waals surface area contributed by atoms with Gasteiger partial charge in [0.1, 0.15) is 0 Å². The van der Waals surface area contributed by atoms with Crippen molar-refractivity contribution in [3.63, 3.8) is 0 Å². The Balaban J connectivity index is 1.56. The van der Waals surface area contributed by atoms with Gasteiger partial charge in [-0.05, 0) is 44.7 Å². The number of nitrogens with zero attached hydrogens (tertiary/aromatic N) is 1. The van der Waals surface area contributed by atoms with Crippen LogP contribution in [-0.4, -0.2) is 63.3 Å². The van der Waals surface area contributed by atoms with E-state index in [-0.39, 0.29) is 5.91 Å². The van der Waals surface area contributed by atoms with E-state index in [1.165, 1.54) is 25.7 Å². The highest BCUT2D eigenvalue weighted by atomic mass is 16.5. The molecular weight excluding hydrogens is 254 g/mol. The maximum atomic E-state index is 11.7. The van der Waals surface area contributed by atoms with Crippen molar-refractivity contribution in [2.75, 3.05) is 46.4 Å². The minimum atomic E-state index is 0.229. The maximum absolute atomic E-state index is 11.7. The Hall–Kier alpha value is -0.650. The van der Waals surface area contributed by atoms with E-state index in [1.807, 2.05) is 0 Å². The topological polar surface area (TPSA) is 53.6 Å². The summed E-state index contributed by atoms with van der Waals surface area (Å²) in [5.74, 6) is 0.944. The van der Waals surface area contributed by atoms with Crippen molar-refractivity contribution in [1.82, 2.24) is 15.5 Å². The largest absolute Gasteiger partial charge is 0.383 e. The predicted molar refractivity (Wildman–Crippen MR) is 79.7 cm³/mol. The smallest absolute Gasteiger partial charge is 0.221 e. The van der Waals surface area contributed by atoms with Crippen LogP contribution < -0.4 is 10.6 Å². The Morgan fingerprint density at radius 3 is 2.95 bits per heavy atom. The zero-order chi connectivity index (χ0) is 14.2. The van der Waals surface area contributed by atoms with Gasteiger partial charge >= 0.3 is 0 Å². The molecule has 1 saturated heterocycles. The highest BCUT2D eigenvalue weighted by Crippen LogP contribution is 2.19. The second-order valence-electron chi connectivity index (χ2n) is 6.10. The summed E-state index contributed by atoms with van der Waals surface area (Å²) < 4.78 is 5.04. The van der Waals surface area contributed by atoms with Crippen LogP contribution in [0.25, 0.3) is 0 Å². The zero-order valence-electron chi connectivity index (χ0n) is 12.7. The molecule has 1 unspecified atom stereocenters. The molecule has 2 rings (SSSR count). The second-order valence-corrected chi connectivity index (χ2v) is 6.10. The average Bonchev–Trinajstić information content (AvgIpc) is 3.26. The van der Waals surface area contributed by atoms with Crippen molar-refractivity contribution in [3.8, 4) is 0 Å². The fourth-order valence-corrected chi connectivity index (χ4v) is 2.79. The molecular formula is C15H29N3O2. The van der Waals surface area contributed by atoms with Gasteiger partial charge in [0.05, 0.1) is 6.61 Å². The minimum Gasteiger partial charge on any atom is -0.383 e. The fraction of sp³-hybridized carbons (Fsp3) is 0.933. The van der Waals surface area contributed by atoms with Crippen LogP contribution in [0, 0.1) is 5.92 Å². The Morgan fingerprint density at radius 1 is 1.35 bits per heavy atom. The number of hydrogen-bond acceptors (Lipinski definition) is 4. The number of methoxy groups -OCH3 is 1. The van der Waals surface area contributed by atoms with Crippen LogP contribution >= 0.6 is 0 Å². The Bertz CT molecular complexity index is 295. The van der Waals surface area contributed by atoms with Gasteiger partial charge in [0.25, 0.3) is 0 Å². The molecule has 5 nitrogen and oxygen atoms in total. The number of piperidine rings is 1. The number of likely N-dealkylation sites (tertiary alicyclic amines) is 1. The molecule has 2 aliphatic rings. The summed E-state index contributed by atoms with van der Waals surface area (Å²) in [6.07, 6.45) is 5.54. The summed E-state index contributed by atoms with van der Waals surface area (Å²) in [5, 5.41) is 6.51. The number of carbonyl (C=O) groups excluding carboxylic acids is 1. The van der Waals surface area contributed by atoms with Crippen LogP contribution in [0.5, 0.6) is 0 Å². The molecule has 2 N–H and O–H groups in total. The third kappa shape index (κ3) is 6.20. The summed E-state index contributed by atoms with van der Waals surface area (Å²) in [5.41, 5.74) is 0. The van der Waals surface area contributed by atoms with Crippen molar-refractivity contribution in [3.05, 3.63) is 0 Å². The quantitative estimate of drug-likeness (QED) is 0.609. The third-order valence-corrected chi connectivity index (χ3v) is 4.12. The highest BCUT2D eigenvalue weighted by molar-refractivity contribution is 5.76. The molecule has 5 heteroatoms. The molecule has 0 aromatic carbocycles. The third-order valence-electron chi connectivity index (χ3n) is 4.12. The first kappa shape index (κ1) is 15.7. The number of amides is 1. The summed E-state index contributed by atoms with van der Waals surface area (Å²) >= 11 is 0. The number of hydrogen-bond donors (Lipinski definition) is 2. The van der Waals surface area contributed by atoms with Crippen LogP contribution in [0.2, 0.25) is 0 Å². The van der Waals surface area contributed by atoms with E-state index in [1.54, 1.807) is 7.11 Å². The van der Waals surface area contributed by atoms with Crippen LogP contribution in [0.4, 0.5) is 0 Å². The Labute approximate surface area is 122 Å². The molecule has 0 aromatic heterocycles. The molecule has 116 valence electrons. The normalized spacial score (nSPS) is 23.8. The summed E-state index contributed by atoms with van der Waals surface area (Å²) in [7, 11) is 1.73. The lowest BCUT2D eigenvalue weighted by Gasteiger charge is -2.32. The first-order chi connectivity index (χ1) is 9.78. The molecule has 0 bridgehead atoms. The van der Waals surface area contributed by atoms with E-state index in [9.17, 15) is 4.79 Å². The molecule has 1 saturated carbocycles. The molecule has 0 aromatic rings. The van der Waals surface area contributed by atoms with Gasteiger partial charge in [0.15, 0.2) is 0 Å². The van der Waals surface area contributed by atoms with Gasteiger partial charge in [-0.15, -0.1) is 0 Å². The summed E-state index contributed by atoms with van der Waals surface area (Å²) in [6.45, 7) is 5.94. The van der Waals surface area contributed by atoms with Crippen LogP contribution in [0.15, 0.2) is 0 Å².